The molecule has 0 bridgehead atoms. The zero-order valence-corrected chi connectivity index (χ0v) is 7.06. The van der Waals surface area contributed by atoms with Crippen molar-refractivity contribution in [1.29, 1.82) is 0 Å². The van der Waals surface area contributed by atoms with Crippen LogP contribution in [0.25, 0.3) is 5.65 Å². The molecule has 1 aliphatic rings. The molecule has 3 heterocycles. The number of hydrogen-bond acceptors (Lipinski definition) is 4. The molecule has 5 nitrogen and oxygen atoms in total. The van der Waals surface area contributed by atoms with E-state index in [-0.39, 0.29) is 0 Å². The highest BCUT2D eigenvalue weighted by atomic mass is 15.3. The minimum absolute atomic E-state index is 0.831. The Balaban J connectivity index is 2.34. The summed E-state index contributed by atoms with van der Waals surface area (Å²) in [6.45, 7) is 1.01. The summed E-state index contributed by atoms with van der Waals surface area (Å²) < 4.78 is 1.69. The third kappa shape index (κ3) is 0.898. The van der Waals surface area contributed by atoms with Gasteiger partial charge in [0.25, 0.3) is 0 Å². The second-order valence-corrected chi connectivity index (χ2v) is 3.17. The fraction of sp³-hybridized carbons (Fsp3) is 0.375. The predicted octanol–water partition coefficient (Wildman–Crippen LogP) is 0.482. The van der Waals surface area contributed by atoms with E-state index in [1.54, 1.807) is 10.8 Å². The van der Waals surface area contributed by atoms with Gasteiger partial charge in [-0.1, -0.05) is 0 Å². The molecule has 2 aromatic rings. The summed E-state index contributed by atoms with van der Waals surface area (Å²) in [6, 6.07) is 0. The van der Waals surface area contributed by atoms with E-state index in [4.69, 9.17) is 0 Å². The highest BCUT2D eigenvalue weighted by molar-refractivity contribution is 5.70. The Kier molecular flexibility index (Phi) is 1.27. The van der Waals surface area contributed by atoms with E-state index in [1.807, 2.05) is 6.20 Å². The van der Waals surface area contributed by atoms with Gasteiger partial charge in [0.1, 0.15) is 6.33 Å². The lowest BCUT2D eigenvalue weighted by molar-refractivity contribution is 0.804. The molecule has 0 saturated carbocycles. The van der Waals surface area contributed by atoms with Crippen LogP contribution < -0.4 is 5.32 Å². The van der Waals surface area contributed by atoms with Crippen molar-refractivity contribution >= 4 is 11.3 Å². The Morgan fingerprint density at radius 3 is 3.46 bits per heavy atom. The van der Waals surface area contributed by atoms with Crippen LogP contribution in [0.2, 0.25) is 0 Å². The van der Waals surface area contributed by atoms with Crippen molar-refractivity contribution in [2.75, 3.05) is 11.9 Å². The maximum atomic E-state index is 4.21. The van der Waals surface area contributed by atoms with Gasteiger partial charge in [-0.25, -0.2) is 0 Å². The second kappa shape index (κ2) is 2.42. The molecule has 1 N–H and O–H groups in total. The third-order valence-corrected chi connectivity index (χ3v) is 2.34. The summed E-state index contributed by atoms with van der Waals surface area (Å²) in [7, 11) is 0. The van der Waals surface area contributed by atoms with Crippen LogP contribution in [0.15, 0.2) is 12.5 Å². The highest BCUT2D eigenvalue weighted by Crippen LogP contribution is 2.23. The lowest BCUT2D eigenvalue weighted by Gasteiger charge is -2.16. The Labute approximate surface area is 74.8 Å². The van der Waals surface area contributed by atoms with E-state index < -0.39 is 0 Å². The molecule has 1 aliphatic heterocycles. The quantitative estimate of drug-likeness (QED) is 0.632. The third-order valence-electron chi connectivity index (χ3n) is 2.34. The number of rotatable bonds is 0. The van der Waals surface area contributed by atoms with E-state index in [9.17, 15) is 0 Å². The van der Waals surface area contributed by atoms with Crippen LogP contribution in [-0.4, -0.2) is 26.4 Å². The molecule has 3 rings (SSSR count). The zero-order valence-electron chi connectivity index (χ0n) is 7.06. The zero-order chi connectivity index (χ0) is 8.67. The molecule has 0 radical (unpaired) electrons. The van der Waals surface area contributed by atoms with Crippen molar-refractivity contribution in [2.45, 2.75) is 12.8 Å². The van der Waals surface area contributed by atoms with E-state index in [0.29, 0.717) is 0 Å². The van der Waals surface area contributed by atoms with Gasteiger partial charge in [-0.3, -0.25) is 0 Å². The molecule has 5 heteroatoms. The van der Waals surface area contributed by atoms with Crippen LogP contribution >= 0.6 is 0 Å². The Bertz CT molecular complexity index is 447. The van der Waals surface area contributed by atoms with Gasteiger partial charge >= 0.3 is 0 Å². The van der Waals surface area contributed by atoms with Crippen molar-refractivity contribution in [2.24, 2.45) is 0 Å². The molecule has 0 aromatic carbocycles. The van der Waals surface area contributed by atoms with Gasteiger partial charge in [0, 0.05) is 6.54 Å². The number of aromatic nitrogens is 4. The fourth-order valence-corrected chi connectivity index (χ4v) is 1.69. The van der Waals surface area contributed by atoms with Gasteiger partial charge in [-0.2, -0.15) is 9.61 Å². The number of nitrogens with one attached hydrogen (secondary N) is 1. The van der Waals surface area contributed by atoms with Gasteiger partial charge in [0.05, 0.1) is 11.9 Å². The van der Waals surface area contributed by atoms with Crippen LogP contribution in [0.1, 0.15) is 12.0 Å². The summed E-state index contributed by atoms with van der Waals surface area (Å²) in [5.74, 6) is 0. The molecule has 0 unspecified atom stereocenters. The minimum atomic E-state index is 0.831. The molecular formula is C8H9N5. The van der Waals surface area contributed by atoms with Gasteiger partial charge in [0.15, 0.2) is 0 Å². The molecule has 66 valence electrons. The average Bonchev–Trinajstić information content (AvgIpc) is 2.65. The van der Waals surface area contributed by atoms with Crippen molar-refractivity contribution < 1.29 is 0 Å². The van der Waals surface area contributed by atoms with Crippen molar-refractivity contribution in [3.63, 3.8) is 0 Å². The van der Waals surface area contributed by atoms with Gasteiger partial charge in [-0.15, -0.1) is 10.2 Å². The lowest BCUT2D eigenvalue weighted by Crippen LogP contribution is -2.14. The molecule has 0 amide bonds. The smallest absolute Gasteiger partial charge is 0.200 e. The summed E-state index contributed by atoms with van der Waals surface area (Å²) in [4.78, 5) is 0. The maximum absolute atomic E-state index is 4.21. The monoisotopic (exact) mass is 175 g/mol. The summed E-state index contributed by atoms with van der Waals surface area (Å²) in [5.41, 5.74) is 3.17. The number of anilines is 1. The molecule has 0 fully saturated rings. The van der Waals surface area contributed by atoms with Crippen LogP contribution in [0.4, 0.5) is 5.69 Å². The van der Waals surface area contributed by atoms with Crippen LogP contribution in [0, 0.1) is 0 Å². The standard InChI is InChI=1S/C8H9N5/c1-2-6-4-11-13-5-10-12-8(13)7(6)9-3-1/h4-5,9H,1-3H2. The van der Waals surface area contributed by atoms with Crippen molar-refractivity contribution in [3.8, 4) is 0 Å². The first-order valence-electron chi connectivity index (χ1n) is 4.37. The first-order chi connectivity index (χ1) is 6.45. The fourth-order valence-electron chi connectivity index (χ4n) is 1.69. The molecule has 0 spiro atoms. The largest absolute Gasteiger partial charge is 0.382 e. The molecule has 13 heavy (non-hydrogen) atoms. The summed E-state index contributed by atoms with van der Waals surface area (Å²) in [6.07, 6.45) is 5.75. The summed E-state index contributed by atoms with van der Waals surface area (Å²) in [5, 5.41) is 15.4. The Morgan fingerprint density at radius 1 is 1.46 bits per heavy atom. The Hall–Kier alpha value is -1.65. The molecular weight excluding hydrogens is 166 g/mol. The first kappa shape index (κ1) is 6.82. The van der Waals surface area contributed by atoms with Crippen LogP contribution in [-0.2, 0) is 6.42 Å². The highest BCUT2D eigenvalue weighted by Gasteiger charge is 2.13. The normalized spacial score (nSPS) is 15.4. The SMILES string of the molecule is c1nn2cnnc2c2c1CCCN2. The lowest BCUT2D eigenvalue weighted by atomic mass is 10.1. The van der Waals surface area contributed by atoms with Crippen molar-refractivity contribution in [1.82, 2.24) is 19.8 Å². The number of hydrogen-bond donors (Lipinski definition) is 1. The van der Waals surface area contributed by atoms with Crippen molar-refractivity contribution in [3.05, 3.63) is 18.1 Å². The van der Waals surface area contributed by atoms with Gasteiger partial charge in [0.2, 0.25) is 5.65 Å². The number of fused-ring (bicyclic) bond motifs is 3. The first-order valence-corrected chi connectivity index (χ1v) is 4.37. The topological polar surface area (TPSA) is 55.1 Å². The van der Waals surface area contributed by atoms with E-state index >= 15 is 0 Å². The molecule has 2 aromatic heterocycles. The van der Waals surface area contributed by atoms with Crippen LogP contribution in [0.5, 0.6) is 0 Å². The van der Waals surface area contributed by atoms with E-state index in [0.717, 1.165) is 24.3 Å². The van der Waals surface area contributed by atoms with Gasteiger partial charge in [-0.05, 0) is 18.4 Å². The molecule has 0 atom stereocenters. The average molecular weight is 175 g/mol. The molecule has 0 saturated heterocycles. The maximum Gasteiger partial charge on any atom is 0.200 e. The molecule has 0 aliphatic carbocycles. The minimum Gasteiger partial charge on any atom is -0.382 e. The van der Waals surface area contributed by atoms with E-state index in [1.165, 1.54) is 12.0 Å². The number of aryl methyl sites for hydroxylation is 1. The second-order valence-electron chi connectivity index (χ2n) is 3.17. The predicted molar refractivity (Wildman–Crippen MR) is 47.6 cm³/mol. The Morgan fingerprint density at radius 2 is 2.46 bits per heavy atom. The van der Waals surface area contributed by atoms with Crippen LogP contribution in [0.3, 0.4) is 0 Å². The number of nitrogens with zero attached hydrogens (tertiary/aromatic N) is 4. The summed E-state index contributed by atoms with van der Waals surface area (Å²) >= 11 is 0. The van der Waals surface area contributed by atoms with E-state index in [2.05, 4.69) is 20.6 Å². The van der Waals surface area contributed by atoms with Gasteiger partial charge < -0.3 is 5.32 Å².